The zero-order valence-electron chi connectivity index (χ0n) is 11.4. The summed E-state index contributed by atoms with van der Waals surface area (Å²) in [6.45, 7) is 0. The molecule has 6 nitrogen and oxygen atoms in total. The van der Waals surface area contributed by atoms with E-state index in [4.69, 9.17) is 9.68 Å². The maximum absolute atomic E-state index is 12.1. The van der Waals surface area contributed by atoms with Crippen molar-refractivity contribution in [2.75, 3.05) is 28.3 Å². The Morgan fingerprint density at radius 1 is 0.900 bits per heavy atom. The van der Waals surface area contributed by atoms with E-state index in [2.05, 4.69) is 31.9 Å². The summed E-state index contributed by atoms with van der Waals surface area (Å²) in [5.41, 5.74) is 0.746. The van der Waals surface area contributed by atoms with Gasteiger partial charge in [-0.15, -0.1) is 0 Å². The standard InChI is InChI=1S/C12H14Br2N2O4/c1-15(19-3)11(17)7-5-10(14)8(6-9(7)13)12(18)16(2)20-4/h5-6H,1-4H3. The van der Waals surface area contributed by atoms with Gasteiger partial charge in [0.15, 0.2) is 0 Å². The number of amides is 2. The number of rotatable bonds is 4. The highest BCUT2D eigenvalue weighted by Crippen LogP contribution is 2.28. The van der Waals surface area contributed by atoms with Gasteiger partial charge in [0.2, 0.25) is 0 Å². The topological polar surface area (TPSA) is 59.1 Å². The zero-order valence-corrected chi connectivity index (χ0v) is 14.6. The average Bonchev–Trinajstić information content (AvgIpc) is 2.45. The van der Waals surface area contributed by atoms with Crippen molar-refractivity contribution in [2.24, 2.45) is 0 Å². The Morgan fingerprint density at radius 3 is 1.45 bits per heavy atom. The molecule has 0 aliphatic rings. The lowest BCUT2D eigenvalue weighted by molar-refractivity contribution is -0.0761. The minimum Gasteiger partial charge on any atom is -0.274 e. The number of hydroxylamine groups is 4. The summed E-state index contributed by atoms with van der Waals surface area (Å²) in [6, 6.07) is 3.11. The van der Waals surface area contributed by atoms with Gasteiger partial charge in [0.05, 0.1) is 25.3 Å². The van der Waals surface area contributed by atoms with Crippen LogP contribution < -0.4 is 0 Å². The first kappa shape index (κ1) is 17.1. The molecule has 0 saturated carbocycles. The zero-order chi connectivity index (χ0) is 15.4. The maximum atomic E-state index is 12.1. The molecule has 0 heterocycles. The lowest BCUT2D eigenvalue weighted by Gasteiger charge is -2.18. The molecule has 20 heavy (non-hydrogen) atoms. The van der Waals surface area contributed by atoms with Crippen LogP contribution in [0.2, 0.25) is 0 Å². The van der Waals surface area contributed by atoms with Gasteiger partial charge in [0.25, 0.3) is 11.8 Å². The molecule has 0 saturated heterocycles. The number of halogens is 2. The van der Waals surface area contributed by atoms with Crippen LogP contribution in [0, 0.1) is 0 Å². The van der Waals surface area contributed by atoms with E-state index in [1.54, 1.807) is 12.1 Å². The van der Waals surface area contributed by atoms with Crippen LogP contribution in [0.1, 0.15) is 20.7 Å². The molecule has 0 aliphatic carbocycles. The number of nitrogens with zero attached hydrogens (tertiary/aromatic N) is 2. The molecular formula is C12H14Br2N2O4. The van der Waals surface area contributed by atoms with E-state index in [0.717, 1.165) is 10.1 Å². The highest BCUT2D eigenvalue weighted by atomic mass is 79.9. The van der Waals surface area contributed by atoms with Crippen molar-refractivity contribution in [1.82, 2.24) is 10.1 Å². The maximum Gasteiger partial charge on any atom is 0.278 e. The molecule has 0 unspecified atom stereocenters. The van der Waals surface area contributed by atoms with Gasteiger partial charge in [-0.2, -0.15) is 0 Å². The van der Waals surface area contributed by atoms with Crippen LogP contribution in [0.15, 0.2) is 21.1 Å². The van der Waals surface area contributed by atoms with Crippen molar-refractivity contribution < 1.29 is 19.3 Å². The van der Waals surface area contributed by atoms with Crippen molar-refractivity contribution in [3.8, 4) is 0 Å². The smallest absolute Gasteiger partial charge is 0.274 e. The molecule has 0 aliphatic heterocycles. The monoisotopic (exact) mass is 408 g/mol. The molecule has 2 amide bonds. The quantitative estimate of drug-likeness (QED) is 0.716. The molecule has 110 valence electrons. The molecule has 0 bridgehead atoms. The predicted octanol–water partition coefficient (Wildman–Crippen LogP) is 2.48. The van der Waals surface area contributed by atoms with Crippen molar-refractivity contribution >= 4 is 43.7 Å². The van der Waals surface area contributed by atoms with E-state index >= 15 is 0 Å². The SMILES string of the molecule is CON(C)C(=O)c1cc(Br)c(C(=O)N(C)OC)cc1Br. The van der Waals surface area contributed by atoms with E-state index in [9.17, 15) is 9.59 Å². The summed E-state index contributed by atoms with van der Waals surface area (Å²) < 4.78 is 0.977. The highest BCUT2D eigenvalue weighted by molar-refractivity contribution is 9.11. The van der Waals surface area contributed by atoms with Crippen LogP contribution in [0.3, 0.4) is 0 Å². The summed E-state index contributed by atoms with van der Waals surface area (Å²) >= 11 is 6.57. The number of hydrogen-bond acceptors (Lipinski definition) is 4. The van der Waals surface area contributed by atoms with Crippen LogP contribution in [-0.2, 0) is 9.68 Å². The Morgan fingerprint density at radius 2 is 1.20 bits per heavy atom. The van der Waals surface area contributed by atoms with Crippen LogP contribution in [-0.4, -0.2) is 50.3 Å². The second kappa shape index (κ2) is 7.16. The molecule has 8 heteroatoms. The first-order valence-corrected chi connectivity index (χ1v) is 7.05. The largest absolute Gasteiger partial charge is 0.278 e. The second-order valence-electron chi connectivity index (χ2n) is 3.78. The minimum atomic E-state index is -0.334. The Balaban J connectivity index is 3.22. The summed E-state index contributed by atoms with van der Waals surface area (Å²) in [4.78, 5) is 33.8. The van der Waals surface area contributed by atoms with Gasteiger partial charge < -0.3 is 0 Å². The van der Waals surface area contributed by atoms with Gasteiger partial charge in [-0.25, -0.2) is 10.1 Å². The van der Waals surface area contributed by atoms with Gasteiger partial charge in [-0.05, 0) is 44.0 Å². The normalized spacial score (nSPS) is 10.3. The van der Waals surface area contributed by atoms with Gasteiger partial charge in [-0.3, -0.25) is 19.3 Å². The third-order valence-electron chi connectivity index (χ3n) is 2.64. The molecular weight excluding hydrogens is 396 g/mol. The molecule has 0 atom stereocenters. The molecule has 1 aromatic rings. The van der Waals surface area contributed by atoms with E-state index in [1.165, 1.54) is 28.3 Å². The van der Waals surface area contributed by atoms with Crippen molar-refractivity contribution in [1.29, 1.82) is 0 Å². The van der Waals surface area contributed by atoms with Gasteiger partial charge in [-0.1, -0.05) is 0 Å². The Bertz CT molecular complexity index is 489. The van der Waals surface area contributed by atoms with Crippen molar-refractivity contribution in [2.45, 2.75) is 0 Å². The minimum absolute atomic E-state index is 0.334. The van der Waals surface area contributed by atoms with Crippen molar-refractivity contribution in [3.05, 3.63) is 32.2 Å². The number of carbonyl (C=O) groups excluding carboxylic acids is 2. The second-order valence-corrected chi connectivity index (χ2v) is 5.49. The molecule has 0 radical (unpaired) electrons. The Hall–Kier alpha value is -0.960. The number of hydrogen-bond donors (Lipinski definition) is 0. The third-order valence-corrected chi connectivity index (χ3v) is 3.95. The molecule has 1 rings (SSSR count). The summed E-state index contributed by atoms with van der Waals surface area (Å²) in [5, 5.41) is 2.19. The third kappa shape index (κ3) is 3.57. The summed E-state index contributed by atoms with van der Waals surface area (Å²) in [5.74, 6) is -0.668. The van der Waals surface area contributed by atoms with Crippen LogP contribution in [0.25, 0.3) is 0 Å². The number of carbonyl (C=O) groups is 2. The van der Waals surface area contributed by atoms with E-state index in [-0.39, 0.29) is 11.8 Å². The van der Waals surface area contributed by atoms with E-state index in [1.807, 2.05) is 0 Å². The lowest BCUT2D eigenvalue weighted by Crippen LogP contribution is -2.27. The first-order chi connectivity index (χ1) is 9.33. The first-order valence-electron chi connectivity index (χ1n) is 5.46. The molecule has 0 aromatic heterocycles. The molecule has 0 N–H and O–H groups in total. The van der Waals surface area contributed by atoms with Crippen LogP contribution >= 0.6 is 31.9 Å². The molecule has 0 fully saturated rings. The molecule has 1 aromatic carbocycles. The fourth-order valence-electron chi connectivity index (χ4n) is 1.38. The summed E-state index contributed by atoms with van der Waals surface area (Å²) in [7, 11) is 5.79. The molecule has 0 spiro atoms. The van der Waals surface area contributed by atoms with E-state index in [0.29, 0.717) is 20.1 Å². The number of benzene rings is 1. The van der Waals surface area contributed by atoms with Gasteiger partial charge in [0.1, 0.15) is 0 Å². The van der Waals surface area contributed by atoms with Gasteiger partial charge in [0, 0.05) is 23.0 Å². The van der Waals surface area contributed by atoms with Crippen molar-refractivity contribution in [3.63, 3.8) is 0 Å². The fourth-order valence-corrected chi connectivity index (χ4v) is 2.41. The Labute approximate surface area is 133 Å². The van der Waals surface area contributed by atoms with Crippen LogP contribution in [0.4, 0.5) is 0 Å². The average molecular weight is 410 g/mol. The van der Waals surface area contributed by atoms with E-state index < -0.39 is 0 Å². The highest BCUT2D eigenvalue weighted by Gasteiger charge is 2.21. The lowest BCUT2D eigenvalue weighted by atomic mass is 10.1. The predicted molar refractivity (Wildman–Crippen MR) is 80.0 cm³/mol. The van der Waals surface area contributed by atoms with Gasteiger partial charge >= 0.3 is 0 Å². The fraction of sp³-hybridized carbons (Fsp3) is 0.333. The van der Waals surface area contributed by atoms with Crippen LogP contribution in [0.5, 0.6) is 0 Å². The Kier molecular flexibility index (Phi) is 6.12. The summed E-state index contributed by atoms with van der Waals surface area (Å²) in [6.07, 6.45) is 0.